The topological polar surface area (TPSA) is 108 Å². The van der Waals surface area contributed by atoms with Crippen LogP contribution in [-0.4, -0.2) is 98.7 Å². The summed E-state index contributed by atoms with van der Waals surface area (Å²) in [5.74, 6) is -2.34. The van der Waals surface area contributed by atoms with E-state index in [2.05, 4.69) is 10.2 Å². The van der Waals surface area contributed by atoms with Gasteiger partial charge in [-0.15, -0.1) is 0 Å². The number of halogens is 1. The van der Waals surface area contributed by atoms with Gasteiger partial charge in [0, 0.05) is 39.3 Å². The number of hydrogen-bond acceptors (Lipinski definition) is 7. The fourth-order valence-electron chi connectivity index (χ4n) is 3.98. The lowest BCUT2D eigenvalue weighted by Gasteiger charge is -2.26. The van der Waals surface area contributed by atoms with Crippen molar-refractivity contribution in [1.29, 1.82) is 0 Å². The summed E-state index contributed by atoms with van der Waals surface area (Å²) in [6, 6.07) is 9.64. The number of nitrogens with zero attached hydrogens (tertiary/aromatic N) is 2. The fourth-order valence-corrected chi connectivity index (χ4v) is 3.98. The molecule has 1 heterocycles. The van der Waals surface area contributed by atoms with E-state index in [1.807, 2.05) is 0 Å². The van der Waals surface area contributed by atoms with Crippen LogP contribution in [0.25, 0.3) is 11.1 Å². The van der Waals surface area contributed by atoms with Gasteiger partial charge in [0.15, 0.2) is 23.4 Å². The van der Waals surface area contributed by atoms with Gasteiger partial charge in [-0.1, -0.05) is 18.2 Å². The predicted molar refractivity (Wildman–Crippen MR) is 131 cm³/mol. The highest BCUT2D eigenvalue weighted by Gasteiger charge is 2.32. The number of ether oxygens (including phenoxy) is 2. The van der Waals surface area contributed by atoms with Gasteiger partial charge in [-0.05, 0) is 41.8 Å². The second-order valence-electron chi connectivity index (χ2n) is 8.44. The number of benzene rings is 2. The second kappa shape index (κ2) is 13.1. The number of Topliss-reactive ketones (excluding diaryl/α,β-unsaturated/α-hetero) is 1. The van der Waals surface area contributed by atoms with Crippen LogP contribution >= 0.6 is 0 Å². The summed E-state index contributed by atoms with van der Waals surface area (Å²) in [5.41, 5.74) is 1.53. The molecule has 194 valence electrons. The monoisotopic (exact) mass is 501 g/mol. The average Bonchev–Trinajstić information content (AvgIpc) is 2.91. The average molecular weight is 502 g/mol. The van der Waals surface area contributed by atoms with Crippen LogP contribution in [0.2, 0.25) is 0 Å². The van der Waals surface area contributed by atoms with Gasteiger partial charge >= 0.3 is 0 Å². The van der Waals surface area contributed by atoms with Gasteiger partial charge in [-0.3, -0.25) is 19.3 Å². The summed E-state index contributed by atoms with van der Waals surface area (Å²) in [6.07, 6.45) is 0.788. The third-order valence-electron chi connectivity index (χ3n) is 6.04. The minimum absolute atomic E-state index is 0.183. The number of aliphatic hydroxyl groups excluding tert-OH is 1. The van der Waals surface area contributed by atoms with Crippen LogP contribution in [0.4, 0.5) is 4.39 Å². The Bertz CT molecular complexity index is 1040. The highest BCUT2D eigenvalue weighted by atomic mass is 19.1. The summed E-state index contributed by atoms with van der Waals surface area (Å²) in [5, 5.41) is 11.5. The number of carbonyl (C=O) groups is 3. The molecule has 0 aliphatic carbocycles. The number of carbonyl (C=O) groups excluding carboxylic acids is 3. The van der Waals surface area contributed by atoms with E-state index in [-0.39, 0.29) is 11.3 Å². The Morgan fingerprint density at radius 1 is 1.14 bits per heavy atom. The number of hydrogen-bond donors (Lipinski definition) is 2. The van der Waals surface area contributed by atoms with Crippen molar-refractivity contribution < 1.29 is 33.4 Å². The van der Waals surface area contributed by atoms with E-state index in [4.69, 9.17) is 14.6 Å². The molecule has 1 fully saturated rings. The van der Waals surface area contributed by atoms with Gasteiger partial charge in [-0.2, -0.15) is 0 Å². The molecule has 0 bridgehead atoms. The summed E-state index contributed by atoms with van der Waals surface area (Å²) in [4.78, 5) is 40.1. The zero-order valence-corrected chi connectivity index (χ0v) is 20.5. The normalized spacial score (nSPS) is 14.7. The molecule has 0 aromatic heterocycles. The number of likely N-dealkylation sites (N-methyl/N-ethyl adjacent to an activating group) is 2. The quantitative estimate of drug-likeness (QED) is 0.353. The van der Waals surface area contributed by atoms with E-state index >= 15 is 0 Å². The molecule has 9 nitrogen and oxygen atoms in total. The van der Waals surface area contributed by atoms with Crippen molar-refractivity contribution in [2.24, 2.45) is 0 Å². The molecule has 1 aliphatic rings. The van der Waals surface area contributed by atoms with Gasteiger partial charge in [0.2, 0.25) is 5.91 Å². The first-order valence-electron chi connectivity index (χ1n) is 11.8. The molecular weight excluding hydrogens is 469 g/mol. The summed E-state index contributed by atoms with van der Waals surface area (Å²) < 4.78 is 25.6. The highest BCUT2D eigenvalue weighted by molar-refractivity contribution is 6.10. The van der Waals surface area contributed by atoms with Crippen molar-refractivity contribution in [3.8, 4) is 16.9 Å². The molecule has 10 heteroatoms. The third-order valence-corrected chi connectivity index (χ3v) is 6.04. The van der Waals surface area contributed by atoms with Crippen molar-refractivity contribution in [2.75, 3.05) is 60.2 Å². The Morgan fingerprint density at radius 3 is 2.42 bits per heavy atom. The lowest BCUT2D eigenvalue weighted by molar-refractivity contribution is -0.135. The van der Waals surface area contributed by atoms with E-state index in [0.29, 0.717) is 17.7 Å². The zero-order chi connectivity index (χ0) is 26.1. The maximum Gasteiger partial charge on any atom is 0.254 e. The molecule has 2 N–H and O–H groups in total. The van der Waals surface area contributed by atoms with Crippen molar-refractivity contribution in [3.05, 3.63) is 53.8 Å². The van der Waals surface area contributed by atoms with E-state index in [0.717, 1.165) is 44.2 Å². The minimum atomic E-state index is -1.44. The molecule has 0 radical (unpaired) electrons. The van der Waals surface area contributed by atoms with Crippen molar-refractivity contribution in [3.63, 3.8) is 0 Å². The first-order valence-corrected chi connectivity index (χ1v) is 11.8. The van der Waals surface area contributed by atoms with Crippen LogP contribution in [0.1, 0.15) is 16.8 Å². The van der Waals surface area contributed by atoms with Crippen molar-refractivity contribution >= 4 is 17.6 Å². The molecule has 2 amide bonds. The molecular formula is C26H32FN3O6. The van der Waals surface area contributed by atoms with Gasteiger partial charge in [0.25, 0.3) is 5.91 Å². The van der Waals surface area contributed by atoms with Crippen molar-refractivity contribution in [1.82, 2.24) is 15.1 Å². The lowest BCUT2D eigenvalue weighted by atomic mass is 10.0. The molecule has 2 aromatic carbocycles. The number of rotatable bonds is 11. The smallest absolute Gasteiger partial charge is 0.254 e. The largest absolute Gasteiger partial charge is 0.490 e. The summed E-state index contributed by atoms with van der Waals surface area (Å²) in [6.45, 7) is 3.70. The summed E-state index contributed by atoms with van der Waals surface area (Å²) in [7, 11) is 2.66. The second-order valence-corrected chi connectivity index (χ2v) is 8.44. The Kier molecular flexibility index (Phi) is 9.92. The molecule has 3 rings (SSSR count). The lowest BCUT2D eigenvalue weighted by Crippen LogP contribution is -2.52. The Hall–Kier alpha value is -3.34. The molecule has 0 spiro atoms. The Labute approximate surface area is 209 Å². The highest BCUT2D eigenvalue weighted by Crippen LogP contribution is 2.26. The zero-order valence-electron chi connectivity index (χ0n) is 20.5. The third kappa shape index (κ3) is 6.87. The summed E-state index contributed by atoms with van der Waals surface area (Å²) >= 11 is 0. The Balaban J connectivity index is 1.61. The Morgan fingerprint density at radius 2 is 1.81 bits per heavy atom. The van der Waals surface area contributed by atoms with Gasteiger partial charge in [0.05, 0.1) is 19.8 Å². The van der Waals surface area contributed by atoms with Gasteiger partial charge < -0.3 is 24.8 Å². The standard InChI is InChI=1S/C26H32FN3O6/c1-28-25(33)24(22(32)17-31)29(2)26(34)19-6-4-18(5-7-19)20-8-9-23(21(27)16-20)36-13-3-10-30-11-14-35-15-12-30/h4-9,16,24,31H,3,10-15,17H2,1-2H3,(H,28,33). The van der Waals surface area contributed by atoms with Crippen LogP contribution in [0.3, 0.4) is 0 Å². The molecule has 1 unspecified atom stereocenters. The van der Waals surface area contributed by atoms with Gasteiger partial charge in [0.1, 0.15) is 6.61 Å². The maximum atomic E-state index is 14.6. The number of morpholine rings is 1. The number of amides is 2. The van der Waals surface area contributed by atoms with E-state index < -0.39 is 36.1 Å². The van der Waals surface area contributed by atoms with Crippen LogP contribution in [0.5, 0.6) is 5.75 Å². The first kappa shape index (κ1) is 27.3. The van der Waals surface area contributed by atoms with Crippen LogP contribution in [0, 0.1) is 5.82 Å². The van der Waals surface area contributed by atoms with Crippen molar-refractivity contribution in [2.45, 2.75) is 12.5 Å². The predicted octanol–water partition coefficient (Wildman–Crippen LogP) is 1.34. The molecule has 0 saturated carbocycles. The van der Waals surface area contributed by atoms with E-state index in [1.165, 1.54) is 32.3 Å². The number of nitrogens with one attached hydrogen (secondary N) is 1. The molecule has 36 heavy (non-hydrogen) atoms. The fraction of sp³-hybridized carbons (Fsp3) is 0.423. The molecule has 1 atom stereocenters. The molecule has 1 aliphatic heterocycles. The number of aliphatic hydroxyl groups is 1. The minimum Gasteiger partial charge on any atom is -0.490 e. The van der Waals surface area contributed by atoms with Crippen LogP contribution in [-0.2, 0) is 14.3 Å². The van der Waals surface area contributed by atoms with E-state index in [9.17, 15) is 18.8 Å². The van der Waals surface area contributed by atoms with Crippen LogP contribution < -0.4 is 10.1 Å². The van der Waals surface area contributed by atoms with Crippen LogP contribution in [0.15, 0.2) is 42.5 Å². The van der Waals surface area contributed by atoms with E-state index in [1.54, 1.807) is 24.3 Å². The molecule has 1 saturated heterocycles. The van der Waals surface area contributed by atoms with Gasteiger partial charge in [-0.25, -0.2) is 4.39 Å². The first-order chi connectivity index (χ1) is 17.3. The molecule has 2 aromatic rings. The SMILES string of the molecule is CNC(=O)C(C(=O)CO)N(C)C(=O)c1ccc(-c2ccc(OCCCN3CCOCC3)c(F)c2)cc1. The number of ketones is 1. The maximum absolute atomic E-state index is 14.6.